The third kappa shape index (κ3) is 3.30. The van der Waals surface area contributed by atoms with E-state index >= 15 is 0 Å². The number of hydrogen-bond acceptors (Lipinski definition) is 6. The maximum absolute atomic E-state index is 5.71. The maximum Gasteiger partial charge on any atom is 0.158 e. The zero-order valence-corrected chi connectivity index (χ0v) is 21.7. The van der Waals surface area contributed by atoms with Gasteiger partial charge < -0.3 is 14.6 Å². The van der Waals surface area contributed by atoms with Crippen molar-refractivity contribution in [2.45, 2.75) is 71.0 Å². The molecule has 0 saturated carbocycles. The van der Waals surface area contributed by atoms with Crippen molar-refractivity contribution in [2.24, 2.45) is 0 Å². The molecule has 7 heterocycles. The number of anilines is 1. The van der Waals surface area contributed by atoms with Crippen LogP contribution in [0, 0.1) is 13.8 Å². The first-order valence-electron chi connectivity index (χ1n) is 13.4. The molecular weight excluding hydrogens is 450 g/mol. The summed E-state index contributed by atoms with van der Waals surface area (Å²) in [6, 6.07) is 6.24. The molecular formula is C28H35N7O. The summed E-state index contributed by atoms with van der Waals surface area (Å²) in [4.78, 5) is 18.8. The fourth-order valence-corrected chi connectivity index (χ4v) is 6.90. The van der Waals surface area contributed by atoms with Crippen molar-refractivity contribution in [1.82, 2.24) is 29.5 Å². The van der Waals surface area contributed by atoms with Crippen LogP contribution in [0.3, 0.4) is 0 Å². The summed E-state index contributed by atoms with van der Waals surface area (Å²) in [6.07, 6.45) is 7.35. The summed E-state index contributed by atoms with van der Waals surface area (Å²) in [7, 11) is 0. The van der Waals surface area contributed by atoms with Gasteiger partial charge in [0.2, 0.25) is 0 Å². The Morgan fingerprint density at radius 2 is 1.97 bits per heavy atom. The lowest BCUT2D eigenvalue weighted by atomic mass is 9.95. The molecule has 3 aliphatic heterocycles. The minimum Gasteiger partial charge on any atom is -0.380 e. The number of rotatable bonds is 4. The van der Waals surface area contributed by atoms with Gasteiger partial charge >= 0.3 is 0 Å². The number of piperidine rings is 1. The Labute approximate surface area is 211 Å². The first-order chi connectivity index (χ1) is 17.5. The Hall–Kier alpha value is -2.97. The first-order valence-corrected chi connectivity index (χ1v) is 13.4. The van der Waals surface area contributed by atoms with E-state index in [9.17, 15) is 0 Å². The van der Waals surface area contributed by atoms with Crippen LogP contribution in [-0.4, -0.2) is 73.9 Å². The molecule has 8 nitrogen and oxygen atoms in total. The normalized spacial score (nSPS) is 24.7. The van der Waals surface area contributed by atoms with Crippen LogP contribution in [0.15, 0.2) is 24.7 Å². The van der Waals surface area contributed by atoms with Crippen LogP contribution in [0.25, 0.3) is 27.9 Å². The molecule has 2 bridgehead atoms. The molecule has 3 atom stereocenters. The van der Waals surface area contributed by atoms with Crippen molar-refractivity contribution in [2.75, 3.05) is 31.2 Å². The SMILES string of the molecule is Cc1c(-c2[nH]c3ccc(N4C[C@H]5C[C@@H]4CCN5C4CCOC4)nc3c2C(C)C)cn2ncnc2c1C. The summed E-state index contributed by atoms with van der Waals surface area (Å²) in [6.45, 7) is 12.9. The monoisotopic (exact) mass is 485 g/mol. The van der Waals surface area contributed by atoms with E-state index < -0.39 is 0 Å². The van der Waals surface area contributed by atoms with E-state index in [2.05, 4.69) is 70.9 Å². The maximum atomic E-state index is 5.71. The van der Waals surface area contributed by atoms with Gasteiger partial charge in [0.1, 0.15) is 12.1 Å². The predicted octanol–water partition coefficient (Wildman–Crippen LogP) is 4.45. The van der Waals surface area contributed by atoms with Gasteiger partial charge in [-0.25, -0.2) is 14.5 Å². The Morgan fingerprint density at radius 1 is 1.08 bits per heavy atom. The summed E-state index contributed by atoms with van der Waals surface area (Å²) in [5.41, 5.74) is 9.09. The minimum atomic E-state index is 0.332. The van der Waals surface area contributed by atoms with E-state index in [0.717, 1.165) is 53.5 Å². The number of nitrogens with one attached hydrogen (secondary N) is 1. The Kier molecular flexibility index (Phi) is 5.12. The number of aromatic amines is 1. The Balaban J connectivity index is 1.29. The Bertz CT molecular complexity index is 1450. The molecule has 3 fully saturated rings. The van der Waals surface area contributed by atoms with Gasteiger partial charge in [-0.15, -0.1) is 0 Å². The zero-order valence-electron chi connectivity index (χ0n) is 21.7. The molecule has 0 aliphatic carbocycles. The fraction of sp³-hybridized carbons (Fsp3) is 0.536. The van der Waals surface area contributed by atoms with Crippen molar-refractivity contribution < 1.29 is 4.74 Å². The molecule has 188 valence electrons. The number of nitrogens with zero attached hydrogens (tertiary/aromatic N) is 6. The number of ether oxygens (including phenoxy) is 1. The minimum absolute atomic E-state index is 0.332. The smallest absolute Gasteiger partial charge is 0.158 e. The summed E-state index contributed by atoms with van der Waals surface area (Å²) < 4.78 is 7.59. The highest BCUT2D eigenvalue weighted by atomic mass is 16.5. The molecule has 0 spiro atoms. The highest BCUT2D eigenvalue weighted by Crippen LogP contribution is 2.40. The van der Waals surface area contributed by atoms with E-state index in [4.69, 9.17) is 9.72 Å². The third-order valence-corrected chi connectivity index (χ3v) is 8.89. The second-order valence-electron chi connectivity index (χ2n) is 11.2. The fourth-order valence-electron chi connectivity index (χ4n) is 6.90. The summed E-state index contributed by atoms with van der Waals surface area (Å²) >= 11 is 0. The molecule has 7 rings (SSSR count). The second-order valence-corrected chi connectivity index (χ2v) is 11.2. The topological polar surface area (TPSA) is 74.6 Å². The van der Waals surface area contributed by atoms with Gasteiger partial charge in [-0.05, 0) is 62.3 Å². The van der Waals surface area contributed by atoms with Crippen molar-refractivity contribution in [3.63, 3.8) is 0 Å². The molecule has 3 saturated heterocycles. The first kappa shape index (κ1) is 22.2. The lowest BCUT2D eigenvalue weighted by molar-refractivity contribution is 0.0983. The van der Waals surface area contributed by atoms with E-state index in [-0.39, 0.29) is 0 Å². The van der Waals surface area contributed by atoms with E-state index in [1.54, 1.807) is 6.33 Å². The number of hydrogen-bond donors (Lipinski definition) is 1. The van der Waals surface area contributed by atoms with Gasteiger partial charge in [0.05, 0.1) is 23.3 Å². The van der Waals surface area contributed by atoms with Gasteiger partial charge in [-0.2, -0.15) is 5.10 Å². The van der Waals surface area contributed by atoms with Gasteiger partial charge in [0, 0.05) is 55.1 Å². The Morgan fingerprint density at radius 3 is 2.78 bits per heavy atom. The number of likely N-dealkylation sites (tertiary alicyclic amines) is 1. The molecule has 36 heavy (non-hydrogen) atoms. The van der Waals surface area contributed by atoms with Gasteiger partial charge in [0.15, 0.2) is 5.65 Å². The third-order valence-electron chi connectivity index (χ3n) is 8.89. The van der Waals surface area contributed by atoms with Crippen LogP contribution < -0.4 is 4.90 Å². The van der Waals surface area contributed by atoms with Crippen LogP contribution in [-0.2, 0) is 4.74 Å². The molecule has 8 heteroatoms. The number of H-pyrrole nitrogens is 1. The predicted molar refractivity (Wildman–Crippen MR) is 142 cm³/mol. The molecule has 4 aromatic rings. The number of pyridine rings is 2. The van der Waals surface area contributed by atoms with Crippen molar-refractivity contribution >= 4 is 22.5 Å². The summed E-state index contributed by atoms with van der Waals surface area (Å²) in [5, 5.41) is 4.42. The standard InChI is InChI=1S/C28H35N7O/c1-16(2)25-26(22-13-35-28(29-15-30-35)18(4)17(22)3)31-23-5-6-24(32-27(23)25)34-12-21-11-19(34)7-9-33(21)20-8-10-36-14-20/h5-6,13,15-16,19-21,31H,7-12,14H2,1-4H3/t19-,20?,21+/m0/s1. The number of aryl methyl sites for hydroxylation is 1. The molecule has 0 aromatic carbocycles. The molecule has 1 unspecified atom stereocenters. The molecule has 4 aromatic heterocycles. The van der Waals surface area contributed by atoms with Crippen LogP contribution in [0.1, 0.15) is 55.7 Å². The van der Waals surface area contributed by atoms with Crippen LogP contribution in [0.4, 0.5) is 5.82 Å². The van der Waals surface area contributed by atoms with E-state index in [0.29, 0.717) is 24.0 Å². The average molecular weight is 486 g/mol. The molecule has 1 N–H and O–H groups in total. The van der Waals surface area contributed by atoms with Gasteiger partial charge in [-0.3, -0.25) is 4.90 Å². The largest absolute Gasteiger partial charge is 0.380 e. The van der Waals surface area contributed by atoms with E-state index in [1.165, 1.54) is 42.5 Å². The number of aromatic nitrogens is 5. The second kappa shape index (κ2) is 8.28. The van der Waals surface area contributed by atoms with Gasteiger partial charge in [0.25, 0.3) is 0 Å². The van der Waals surface area contributed by atoms with Crippen molar-refractivity contribution in [3.8, 4) is 11.3 Å². The lowest BCUT2D eigenvalue weighted by Gasteiger charge is -2.36. The van der Waals surface area contributed by atoms with Crippen LogP contribution in [0.2, 0.25) is 0 Å². The van der Waals surface area contributed by atoms with Crippen LogP contribution >= 0.6 is 0 Å². The van der Waals surface area contributed by atoms with Crippen LogP contribution in [0.5, 0.6) is 0 Å². The molecule has 0 amide bonds. The zero-order chi connectivity index (χ0) is 24.6. The van der Waals surface area contributed by atoms with Crippen molar-refractivity contribution in [1.29, 1.82) is 0 Å². The van der Waals surface area contributed by atoms with Crippen molar-refractivity contribution in [3.05, 3.63) is 41.3 Å². The highest BCUT2D eigenvalue weighted by molar-refractivity contribution is 5.90. The quantitative estimate of drug-likeness (QED) is 0.460. The van der Waals surface area contributed by atoms with Gasteiger partial charge in [-0.1, -0.05) is 13.8 Å². The average Bonchev–Trinajstić information content (AvgIpc) is 3.67. The highest BCUT2D eigenvalue weighted by Gasteiger charge is 2.43. The summed E-state index contributed by atoms with van der Waals surface area (Å²) in [5.74, 6) is 1.45. The van der Waals surface area contributed by atoms with E-state index in [1.807, 2.05) is 4.52 Å². The number of fused-ring (bicyclic) bond motifs is 4. The molecule has 0 radical (unpaired) electrons. The lowest BCUT2D eigenvalue weighted by Crippen LogP contribution is -2.47. The molecule has 3 aliphatic rings.